The van der Waals surface area contributed by atoms with Crippen LogP contribution in [0.1, 0.15) is 30.4 Å². The Hall–Kier alpha value is -3.39. The molecule has 0 aliphatic carbocycles. The molecule has 8 heteroatoms. The van der Waals surface area contributed by atoms with Crippen LogP contribution in [0.15, 0.2) is 67.0 Å². The quantitative estimate of drug-likeness (QED) is 0.467. The van der Waals surface area contributed by atoms with Crippen LogP contribution in [0.5, 0.6) is 5.75 Å². The molecule has 1 aliphatic rings. The number of hydrogen-bond acceptors (Lipinski definition) is 5. The van der Waals surface area contributed by atoms with Gasteiger partial charge in [-0.25, -0.2) is 0 Å². The lowest BCUT2D eigenvalue weighted by molar-refractivity contribution is -0.143. The Morgan fingerprint density at radius 3 is 2.70 bits per heavy atom. The van der Waals surface area contributed by atoms with E-state index in [2.05, 4.69) is 10.3 Å². The smallest absolute Gasteiger partial charge is 0.325 e. The Bertz CT molecular complexity index is 1040. The summed E-state index contributed by atoms with van der Waals surface area (Å²) >= 11 is 5.59. The number of ether oxygens (including phenoxy) is 1. The number of rotatable bonds is 6. The Labute approximate surface area is 179 Å². The van der Waals surface area contributed by atoms with Crippen LogP contribution >= 0.6 is 12.2 Å². The number of aromatic hydroxyl groups is 1. The first kappa shape index (κ1) is 19.9. The largest absolute Gasteiger partial charge is 0.508 e. The van der Waals surface area contributed by atoms with Crippen LogP contribution in [0.2, 0.25) is 0 Å². The first-order chi connectivity index (χ1) is 14.6. The zero-order valence-corrected chi connectivity index (χ0v) is 17.2. The van der Waals surface area contributed by atoms with E-state index in [1.165, 1.54) is 0 Å². The monoisotopic (exact) mass is 422 g/mol. The minimum atomic E-state index is -0.337. The number of phenols is 1. The third-order valence-electron chi connectivity index (χ3n) is 5.01. The number of nitrogens with zero attached hydrogens (tertiary/aromatic N) is 3. The van der Waals surface area contributed by atoms with Crippen molar-refractivity contribution in [3.05, 3.63) is 78.4 Å². The number of carbonyl (C=O) groups is 1. The summed E-state index contributed by atoms with van der Waals surface area (Å²) in [4.78, 5) is 18.7. The molecule has 0 amide bonds. The standard InChI is InChI=1S/C22H22N4O3S/c1-2-29-19(28)14-26-21(20(24-22(26)30)17-6-3-4-12-23-17)18-7-5-13-25(18)15-8-10-16(27)11-9-15/h3-13,20-21,27H,2,14H2,1H3,(H,24,30)/t20-,21+/m1/s1. The fraction of sp³-hybridized carbons (Fsp3) is 0.227. The molecule has 30 heavy (non-hydrogen) atoms. The van der Waals surface area contributed by atoms with Crippen LogP contribution in [-0.2, 0) is 9.53 Å². The summed E-state index contributed by atoms with van der Waals surface area (Å²) in [6.45, 7) is 2.13. The van der Waals surface area contributed by atoms with Gasteiger partial charge in [0.15, 0.2) is 5.11 Å². The summed E-state index contributed by atoms with van der Waals surface area (Å²) in [6, 6.07) is 16.1. The van der Waals surface area contributed by atoms with Crippen molar-refractivity contribution in [3.8, 4) is 11.4 Å². The van der Waals surface area contributed by atoms with E-state index in [0.717, 1.165) is 17.1 Å². The summed E-state index contributed by atoms with van der Waals surface area (Å²) in [5.41, 5.74) is 2.66. The van der Waals surface area contributed by atoms with E-state index in [9.17, 15) is 9.90 Å². The predicted octanol–water partition coefficient (Wildman–Crippen LogP) is 3.11. The highest BCUT2D eigenvalue weighted by atomic mass is 32.1. The van der Waals surface area contributed by atoms with Crippen LogP contribution in [-0.4, -0.2) is 43.8 Å². The summed E-state index contributed by atoms with van der Waals surface area (Å²) in [5.74, 6) is -0.137. The van der Waals surface area contributed by atoms with E-state index in [-0.39, 0.29) is 30.3 Å². The van der Waals surface area contributed by atoms with Crippen LogP contribution < -0.4 is 5.32 Å². The number of esters is 1. The molecule has 2 aromatic heterocycles. The normalized spacial score (nSPS) is 18.3. The molecule has 1 aromatic carbocycles. The lowest BCUT2D eigenvalue weighted by atomic mass is 10.0. The van der Waals surface area contributed by atoms with Gasteiger partial charge < -0.3 is 24.6 Å². The Balaban J connectivity index is 1.77. The molecule has 0 spiro atoms. The summed E-state index contributed by atoms with van der Waals surface area (Å²) in [5, 5.41) is 13.4. The topological polar surface area (TPSA) is 79.6 Å². The van der Waals surface area contributed by atoms with Crippen molar-refractivity contribution in [1.82, 2.24) is 19.8 Å². The maximum atomic E-state index is 12.3. The molecular formula is C22H22N4O3S. The second-order valence-electron chi connectivity index (χ2n) is 6.88. The van der Waals surface area contributed by atoms with Gasteiger partial charge in [-0.1, -0.05) is 6.07 Å². The Morgan fingerprint density at radius 1 is 1.20 bits per heavy atom. The van der Waals surface area contributed by atoms with Gasteiger partial charge in [-0.3, -0.25) is 9.78 Å². The molecule has 2 N–H and O–H groups in total. The van der Waals surface area contributed by atoms with Gasteiger partial charge in [-0.05, 0) is 67.7 Å². The van der Waals surface area contributed by atoms with Crippen molar-refractivity contribution in [2.75, 3.05) is 13.2 Å². The molecule has 1 saturated heterocycles. The summed E-state index contributed by atoms with van der Waals surface area (Å²) in [6.07, 6.45) is 3.69. The van der Waals surface area contributed by atoms with Gasteiger partial charge in [-0.2, -0.15) is 0 Å². The molecule has 7 nitrogen and oxygen atoms in total. The molecule has 3 aromatic rings. The summed E-state index contributed by atoms with van der Waals surface area (Å²) in [7, 11) is 0. The van der Waals surface area contributed by atoms with E-state index in [1.807, 2.05) is 58.1 Å². The van der Waals surface area contributed by atoms with Gasteiger partial charge in [0.25, 0.3) is 0 Å². The average Bonchev–Trinajstić information content (AvgIpc) is 3.34. The van der Waals surface area contributed by atoms with Crippen molar-refractivity contribution in [1.29, 1.82) is 0 Å². The van der Waals surface area contributed by atoms with Gasteiger partial charge in [0.2, 0.25) is 0 Å². The Kier molecular flexibility index (Phi) is 5.67. The van der Waals surface area contributed by atoms with Gasteiger partial charge in [0, 0.05) is 23.8 Å². The molecule has 1 aliphatic heterocycles. The zero-order valence-electron chi connectivity index (χ0n) is 16.4. The molecular weight excluding hydrogens is 400 g/mol. The van der Waals surface area contributed by atoms with E-state index in [1.54, 1.807) is 25.3 Å². The number of carbonyl (C=O) groups excluding carboxylic acids is 1. The molecule has 0 unspecified atom stereocenters. The first-order valence-corrected chi connectivity index (χ1v) is 10.1. The van der Waals surface area contributed by atoms with E-state index in [4.69, 9.17) is 17.0 Å². The third-order valence-corrected chi connectivity index (χ3v) is 5.37. The fourth-order valence-corrected chi connectivity index (χ4v) is 4.03. The number of aromatic nitrogens is 2. The second-order valence-corrected chi connectivity index (χ2v) is 7.27. The maximum absolute atomic E-state index is 12.3. The maximum Gasteiger partial charge on any atom is 0.325 e. The number of phenolic OH excluding ortho intramolecular Hbond substituents is 1. The van der Waals surface area contributed by atoms with Crippen molar-refractivity contribution >= 4 is 23.3 Å². The van der Waals surface area contributed by atoms with Crippen LogP contribution in [0, 0.1) is 0 Å². The predicted molar refractivity (Wildman–Crippen MR) is 116 cm³/mol. The van der Waals surface area contributed by atoms with Crippen LogP contribution in [0.25, 0.3) is 5.69 Å². The van der Waals surface area contributed by atoms with E-state index >= 15 is 0 Å². The highest BCUT2D eigenvalue weighted by molar-refractivity contribution is 7.80. The molecule has 4 rings (SSSR count). The van der Waals surface area contributed by atoms with Crippen molar-refractivity contribution in [3.63, 3.8) is 0 Å². The lowest BCUT2D eigenvalue weighted by Gasteiger charge is -2.28. The lowest BCUT2D eigenvalue weighted by Crippen LogP contribution is -2.36. The SMILES string of the molecule is CCOC(=O)CN1C(=S)N[C@H](c2ccccn2)[C@@H]1c1cccn1-c1ccc(O)cc1. The molecule has 1 fully saturated rings. The van der Waals surface area contributed by atoms with Gasteiger partial charge in [-0.15, -0.1) is 0 Å². The van der Waals surface area contributed by atoms with Gasteiger partial charge in [0.05, 0.1) is 24.4 Å². The molecule has 0 radical (unpaired) electrons. The Morgan fingerprint density at radius 2 is 2.00 bits per heavy atom. The number of hydrogen-bond donors (Lipinski definition) is 2. The van der Waals surface area contributed by atoms with Crippen molar-refractivity contribution in [2.45, 2.75) is 19.0 Å². The first-order valence-electron chi connectivity index (χ1n) is 9.69. The van der Waals surface area contributed by atoms with Crippen molar-refractivity contribution in [2.24, 2.45) is 0 Å². The second kappa shape index (κ2) is 8.54. The van der Waals surface area contributed by atoms with Gasteiger partial charge >= 0.3 is 5.97 Å². The molecule has 0 bridgehead atoms. The number of pyridine rings is 1. The number of nitrogens with one attached hydrogen (secondary N) is 1. The van der Waals surface area contributed by atoms with Gasteiger partial charge in [0.1, 0.15) is 12.3 Å². The highest BCUT2D eigenvalue weighted by Crippen LogP contribution is 2.39. The fourth-order valence-electron chi connectivity index (χ4n) is 3.73. The minimum Gasteiger partial charge on any atom is -0.508 e. The van der Waals surface area contributed by atoms with Crippen LogP contribution in [0.3, 0.4) is 0 Å². The van der Waals surface area contributed by atoms with Crippen LogP contribution in [0.4, 0.5) is 0 Å². The number of benzene rings is 1. The summed E-state index contributed by atoms with van der Waals surface area (Å²) < 4.78 is 7.19. The van der Waals surface area contributed by atoms with E-state index < -0.39 is 0 Å². The zero-order chi connectivity index (χ0) is 21.1. The molecule has 3 heterocycles. The molecule has 154 valence electrons. The minimum absolute atomic E-state index is 0.0361. The number of thiocarbonyl (C=S) groups is 1. The third kappa shape index (κ3) is 3.86. The highest BCUT2D eigenvalue weighted by Gasteiger charge is 2.42. The average molecular weight is 423 g/mol. The van der Waals surface area contributed by atoms with Crippen molar-refractivity contribution < 1.29 is 14.6 Å². The molecule has 2 atom stereocenters. The van der Waals surface area contributed by atoms with E-state index in [0.29, 0.717) is 11.7 Å². The molecule has 0 saturated carbocycles.